The Morgan fingerprint density at radius 3 is 1.73 bits per heavy atom. The van der Waals surface area contributed by atoms with Crippen molar-refractivity contribution in [2.45, 2.75) is 40.3 Å². The van der Waals surface area contributed by atoms with Crippen LogP contribution in [0.2, 0.25) is 0 Å². The van der Waals surface area contributed by atoms with Crippen LogP contribution >= 0.6 is 0 Å². The summed E-state index contributed by atoms with van der Waals surface area (Å²) in [6.07, 6.45) is 0.963. The molecular formula is C41H37N11. The number of rotatable bonds is 5. The number of fused-ring (bicyclic) bond motifs is 6. The van der Waals surface area contributed by atoms with Crippen LogP contribution in [0.5, 0.6) is 0 Å². The summed E-state index contributed by atoms with van der Waals surface area (Å²) in [5, 5.41) is 0. The maximum absolute atomic E-state index is 6.62. The van der Waals surface area contributed by atoms with E-state index in [9.17, 15) is 0 Å². The van der Waals surface area contributed by atoms with Crippen molar-refractivity contribution in [3.63, 3.8) is 0 Å². The zero-order valence-corrected chi connectivity index (χ0v) is 29.5. The van der Waals surface area contributed by atoms with E-state index in [4.69, 9.17) is 35.6 Å². The third kappa shape index (κ3) is 4.88. The maximum atomic E-state index is 6.62. The maximum Gasteiger partial charge on any atom is 0.161 e. The van der Waals surface area contributed by atoms with Crippen LogP contribution in [0.15, 0.2) is 97.1 Å². The summed E-state index contributed by atoms with van der Waals surface area (Å²) in [6, 6.07) is 32.1. The molecule has 11 heteroatoms. The van der Waals surface area contributed by atoms with Crippen LogP contribution in [0, 0.1) is 6.92 Å². The molecule has 6 aromatic heterocycles. The minimum atomic E-state index is 0.667. The fraction of sp³-hybridized carbons (Fsp3) is 0.171. The fourth-order valence-electron chi connectivity index (χ4n) is 7.31. The number of para-hydroxylation sites is 8. The molecule has 0 bridgehead atoms. The van der Waals surface area contributed by atoms with E-state index < -0.39 is 0 Å². The second kappa shape index (κ2) is 12.3. The number of aromatic amines is 1. The molecule has 0 aliphatic heterocycles. The van der Waals surface area contributed by atoms with Gasteiger partial charge in [-0.3, -0.25) is 0 Å². The highest BCUT2D eigenvalue weighted by Crippen LogP contribution is 2.37. The molecule has 0 saturated heterocycles. The smallest absolute Gasteiger partial charge is 0.161 e. The number of anilines is 1. The molecular weight excluding hydrogens is 647 g/mol. The Hall–Kier alpha value is -6.62. The van der Waals surface area contributed by atoms with Gasteiger partial charge in [-0.15, -0.1) is 0 Å². The minimum Gasteiger partial charge on any atom is -0.384 e. The average Bonchev–Trinajstić information content (AvgIpc) is 3.89. The lowest BCUT2D eigenvalue weighted by atomic mass is 10.2. The largest absolute Gasteiger partial charge is 0.384 e. The van der Waals surface area contributed by atoms with Crippen molar-refractivity contribution in [1.29, 1.82) is 0 Å². The highest BCUT2D eigenvalue weighted by Gasteiger charge is 2.24. The summed E-state index contributed by atoms with van der Waals surface area (Å²) in [4.78, 5) is 32.6. The number of nitrogens with zero attached hydrogens (tertiary/aromatic N) is 9. The van der Waals surface area contributed by atoms with Crippen LogP contribution in [0.1, 0.15) is 26.0 Å². The van der Waals surface area contributed by atoms with Gasteiger partial charge in [0, 0.05) is 25.8 Å². The van der Waals surface area contributed by atoms with Gasteiger partial charge in [0.15, 0.2) is 11.3 Å². The average molecular weight is 684 g/mol. The zero-order chi connectivity index (χ0) is 35.5. The van der Waals surface area contributed by atoms with Gasteiger partial charge in [0.1, 0.15) is 28.5 Å². The Morgan fingerprint density at radius 1 is 0.596 bits per heavy atom. The monoisotopic (exact) mass is 683 g/mol. The summed E-state index contributed by atoms with van der Waals surface area (Å²) in [7, 11) is 2.02. The van der Waals surface area contributed by atoms with E-state index in [1.54, 1.807) is 0 Å². The van der Waals surface area contributed by atoms with Gasteiger partial charge >= 0.3 is 0 Å². The van der Waals surface area contributed by atoms with E-state index in [1.165, 1.54) is 0 Å². The van der Waals surface area contributed by atoms with E-state index in [-0.39, 0.29) is 0 Å². The van der Waals surface area contributed by atoms with Crippen LogP contribution in [-0.4, -0.2) is 48.6 Å². The van der Waals surface area contributed by atoms with Crippen LogP contribution in [0.3, 0.4) is 0 Å². The van der Waals surface area contributed by atoms with Crippen molar-refractivity contribution in [3.05, 3.63) is 103 Å². The Balaban J connectivity index is 0.000000139. The highest BCUT2D eigenvalue weighted by molar-refractivity contribution is 6.01. The first-order valence-corrected chi connectivity index (χ1v) is 17.6. The molecule has 10 aromatic rings. The SMILES string of the molecule is CCCn1c(N)c(-c2nc3ccccc3n2C)c2nc3ccccc3nc21.CCn1c(C)c(-c2nc3ccccc3[nH]2)c2nc3ccccc3nc21. The summed E-state index contributed by atoms with van der Waals surface area (Å²) < 4.78 is 6.34. The summed E-state index contributed by atoms with van der Waals surface area (Å²) in [6.45, 7) is 8.01. The number of H-pyrrole nitrogens is 1. The summed E-state index contributed by atoms with van der Waals surface area (Å²) >= 11 is 0. The lowest BCUT2D eigenvalue weighted by molar-refractivity contribution is 0.706. The molecule has 0 radical (unpaired) electrons. The normalized spacial score (nSPS) is 11.8. The molecule has 52 heavy (non-hydrogen) atoms. The van der Waals surface area contributed by atoms with Crippen LogP contribution < -0.4 is 5.73 Å². The van der Waals surface area contributed by atoms with Gasteiger partial charge in [-0.05, 0) is 68.8 Å². The zero-order valence-electron chi connectivity index (χ0n) is 29.5. The van der Waals surface area contributed by atoms with E-state index in [0.29, 0.717) is 5.82 Å². The Labute approximate surface area is 298 Å². The molecule has 256 valence electrons. The van der Waals surface area contributed by atoms with E-state index in [2.05, 4.69) is 45.5 Å². The van der Waals surface area contributed by atoms with Crippen molar-refractivity contribution >= 4 is 72.3 Å². The molecule has 6 heterocycles. The molecule has 0 unspecified atom stereocenters. The topological polar surface area (TPSA) is 134 Å². The van der Waals surface area contributed by atoms with E-state index in [1.807, 2.05) is 98.0 Å². The number of imidazole rings is 2. The molecule has 0 fully saturated rings. The van der Waals surface area contributed by atoms with Crippen molar-refractivity contribution in [1.82, 2.24) is 48.6 Å². The van der Waals surface area contributed by atoms with E-state index in [0.717, 1.165) is 114 Å². The van der Waals surface area contributed by atoms with Gasteiger partial charge in [-0.25, -0.2) is 29.9 Å². The number of benzene rings is 4. The molecule has 0 atom stereocenters. The molecule has 4 aromatic carbocycles. The molecule has 0 amide bonds. The summed E-state index contributed by atoms with van der Waals surface area (Å²) in [5.74, 6) is 2.33. The van der Waals surface area contributed by atoms with Crippen molar-refractivity contribution in [2.24, 2.45) is 7.05 Å². The van der Waals surface area contributed by atoms with Gasteiger partial charge in [0.05, 0.1) is 55.3 Å². The standard InChI is InChI=1S/C21H20N6.C20H17N5/c1-3-12-27-19(22)17(20-25-15-10-6-7-11-16(15)26(20)2)18-21(27)24-14-9-5-4-8-13(14)23-18;1-3-25-12(2)17(19-22-14-9-5-6-10-15(14)23-19)18-20(25)24-16-11-7-4-8-13(16)21-18/h4-11H,3,12,22H2,1-2H3;4-11H,3H2,1-2H3,(H,22,23). The predicted molar refractivity (Wildman–Crippen MR) is 210 cm³/mol. The number of aromatic nitrogens is 10. The molecule has 10 rings (SSSR count). The highest BCUT2D eigenvalue weighted by atomic mass is 15.1. The van der Waals surface area contributed by atoms with Gasteiger partial charge in [0.2, 0.25) is 0 Å². The van der Waals surface area contributed by atoms with Crippen molar-refractivity contribution in [3.8, 4) is 22.8 Å². The lowest BCUT2D eigenvalue weighted by Gasteiger charge is -2.06. The number of hydrogen-bond acceptors (Lipinski definition) is 7. The number of nitrogens with two attached hydrogens (primary N) is 1. The molecule has 0 aliphatic rings. The van der Waals surface area contributed by atoms with Gasteiger partial charge in [0.25, 0.3) is 0 Å². The van der Waals surface area contributed by atoms with Crippen molar-refractivity contribution in [2.75, 3.05) is 5.73 Å². The lowest BCUT2D eigenvalue weighted by Crippen LogP contribution is -2.04. The second-order valence-electron chi connectivity index (χ2n) is 13.0. The quantitative estimate of drug-likeness (QED) is 0.186. The van der Waals surface area contributed by atoms with Gasteiger partial charge < -0.3 is 24.4 Å². The first-order chi connectivity index (χ1) is 25.4. The third-order valence-electron chi connectivity index (χ3n) is 9.80. The molecule has 3 N–H and O–H groups in total. The van der Waals surface area contributed by atoms with Crippen LogP contribution in [0.4, 0.5) is 5.82 Å². The number of hydrogen-bond donors (Lipinski definition) is 2. The Morgan fingerprint density at radius 2 is 1.13 bits per heavy atom. The number of nitrogens with one attached hydrogen (secondary N) is 1. The van der Waals surface area contributed by atoms with Crippen LogP contribution in [0.25, 0.3) is 89.2 Å². The first-order valence-electron chi connectivity index (χ1n) is 17.6. The molecule has 11 nitrogen and oxygen atoms in total. The molecule has 0 spiro atoms. The van der Waals surface area contributed by atoms with E-state index >= 15 is 0 Å². The minimum absolute atomic E-state index is 0.667. The third-order valence-corrected chi connectivity index (χ3v) is 9.80. The van der Waals surface area contributed by atoms with Crippen molar-refractivity contribution < 1.29 is 0 Å². The Kier molecular flexibility index (Phi) is 7.42. The number of aryl methyl sites for hydroxylation is 3. The molecule has 0 aliphatic carbocycles. The van der Waals surface area contributed by atoms with Crippen LogP contribution in [-0.2, 0) is 20.1 Å². The predicted octanol–water partition coefficient (Wildman–Crippen LogP) is 8.59. The molecule has 0 saturated carbocycles. The van der Waals surface area contributed by atoms with Gasteiger partial charge in [-0.1, -0.05) is 55.5 Å². The summed E-state index contributed by atoms with van der Waals surface area (Å²) in [5.41, 5.74) is 20.6. The second-order valence-corrected chi connectivity index (χ2v) is 13.0. The fourth-order valence-corrected chi connectivity index (χ4v) is 7.31. The number of nitrogen functional groups attached to an aromatic ring is 1. The van der Waals surface area contributed by atoms with Gasteiger partial charge in [-0.2, -0.15) is 0 Å². The Bertz CT molecular complexity index is 2930. The first kappa shape index (κ1) is 31.4.